The third-order valence-corrected chi connectivity index (χ3v) is 5.06. The number of hydrogen-bond acceptors (Lipinski definition) is 3. The van der Waals surface area contributed by atoms with E-state index in [2.05, 4.69) is 18.4 Å². The molecule has 3 rings (SSSR count). The van der Waals surface area contributed by atoms with Crippen LogP contribution in [0.3, 0.4) is 0 Å². The second-order valence-electron chi connectivity index (χ2n) is 7.45. The van der Waals surface area contributed by atoms with Gasteiger partial charge in [-0.1, -0.05) is 54.3 Å². The van der Waals surface area contributed by atoms with Gasteiger partial charge in [0.1, 0.15) is 6.61 Å². The van der Waals surface area contributed by atoms with Crippen molar-refractivity contribution in [3.8, 4) is 11.8 Å². The lowest BCUT2D eigenvalue weighted by molar-refractivity contribution is -0.112. The lowest BCUT2D eigenvalue weighted by atomic mass is 9.93. The van der Waals surface area contributed by atoms with E-state index in [9.17, 15) is 9.59 Å². The van der Waals surface area contributed by atoms with Crippen LogP contribution >= 0.6 is 0 Å². The van der Waals surface area contributed by atoms with Gasteiger partial charge in [-0.25, -0.2) is 0 Å². The van der Waals surface area contributed by atoms with Crippen molar-refractivity contribution in [2.75, 3.05) is 6.61 Å². The number of nitrogens with zero attached hydrogens (tertiary/aromatic N) is 1. The van der Waals surface area contributed by atoms with Gasteiger partial charge in [-0.05, 0) is 49.1 Å². The number of carbonyl (C=O) groups excluding carboxylic acids is 2. The molecule has 5 heteroatoms. The van der Waals surface area contributed by atoms with E-state index in [-0.39, 0.29) is 24.1 Å². The van der Waals surface area contributed by atoms with Gasteiger partial charge in [0.2, 0.25) is 0 Å². The molecule has 0 saturated carbocycles. The van der Waals surface area contributed by atoms with Crippen LogP contribution in [0.2, 0.25) is 0 Å². The Morgan fingerprint density at radius 2 is 2.03 bits per heavy atom. The molecule has 1 aliphatic rings. The van der Waals surface area contributed by atoms with Crippen LogP contribution in [0.15, 0.2) is 60.7 Å². The summed E-state index contributed by atoms with van der Waals surface area (Å²) >= 11 is 0. The Bertz CT molecular complexity index is 1000. The summed E-state index contributed by atoms with van der Waals surface area (Å²) < 4.78 is 5.59. The van der Waals surface area contributed by atoms with E-state index in [1.54, 1.807) is 4.90 Å². The van der Waals surface area contributed by atoms with Crippen LogP contribution in [-0.4, -0.2) is 37.0 Å². The highest BCUT2D eigenvalue weighted by molar-refractivity contribution is 6.57. The predicted molar refractivity (Wildman–Crippen MR) is 118 cm³/mol. The van der Waals surface area contributed by atoms with Gasteiger partial charge in [0.05, 0.1) is 18.3 Å². The smallest absolute Gasteiger partial charge is 0.255 e. The number of carbonyl (C=O) groups is 2. The predicted octanol–water partition coefficient (Wildman–Crippen LogP) is 3.63. The molecule has 4 nitrogen and oxygen atoms in total. The Balaban J connectivity index is 1.62. The van der Waals surface area contributed by atoms with Crippen LogP contribution in [0, 0.1) is 11.8 Å². The molecular formula is C25H24BNO3. The van der Waals surface area contributed by atoms with Gasteiger partial charge in [0.15, 0.2) is 7.85 Å². The maximum atomic E-state index is 12.8. The molecule has 0 fully saturated rings. The summed E-state index contributed by atoms with van der Waals surface area (Å²) in [6, 6.07) is 15.4. The first-order valence-electron chi connectivity index (χ1n) is 9.94. The monoisotopic (exact) mass is 397 g/mol. The molecule has 1 amide bonds. The first-order chi connectivity index (χ1) is 14.5. The summed E-state index contributed by atoms with van der Waals surface area (Å²) in [4.78, 5) is 25.8. The maximum absolute atomic E-state index is 12.8. The first kappa shape index (κ1) is 21.6. The van der Waals surface area contributed by atoms with Crippen LogP contribution < -0.4 is 0 Å². The molecule has 150 valence electrons. The largest absolute Gasteiger partial charge is 0.364 e. The third-order valence-electron chi connectivity index (χ3n) is 5.06. The Hall–Kier alpha value is -3.10. The Morgan fingerprint density at radius 3 is 2.73 bits per heavy atom. The Morgan fingerprint density at radius 1 is 1.27 bits per heavy atom. The van der Waals surface area contributed by atoms with Gasteiger partial charge in [-0.3, -0.25) is 4.79 Å². The lowest BCUT2D eigenvalue weighted by Crippen LogP contribution is -2.36. The van der Waals surface area contributed by atoms with Crippen LogP contribution in [0.5, 0.6) is 0 Å². The minimum Gasteiger partial charge on any atom is -0.364 e. The number of ether oxygens (including phenoxy) is 1. The summed E-state index contributed by atoms with van der Waals surface area (Å²) in [5, 5.41) is 0. The number of amides is 1. The number of benzene rings is 2. The molecule has 0 N–H and O–H groups in total. The summed E-state index contributed by atoms with van der Waals surface area (Å²) in [6.07, 6.45) is 0.702. The van der Waals surface area contributed by atoms with Gasteiger partial charge in [0, 0.05) is 17.7 Å². The van der Waals surface area contributed by atoms with Crippen LogP contribution in [0.4, 0.5) is 0 Å². The third kappa shape index (κ3) is 5.49. The second kappa shape index (κ2) is 10.1. The van der Waals surface area contributed by atoms with Crippen LogP contribution in [-0.2, 0) is 22.7 Å². The van der Waals surface area contributed by atoms with Gasteiger partial charge in [0.25, 0.3) is 5.91 Å². The van der Waals surface area contributed by atoms with E-state index in [4.69, 9.17) is 12.6 Å². The van der Waals surface area contributed by atoms with Gasteiger partial charge < -0.3 is 14.4 Å². The molecule has 0 saturated heterocycles. The normalized spacial score (nSPS) is 13.4. The lowest BCUT2D eigenvalue weighted by Gasteiger charge is -2.28. The maximum Gasteiger partial charge on any atom is 0.255 e. The second-order valence-corrected chi connectivity index (χ2v) is 7.45. The van der Waals surface area contributed by atoms with Gasteiger partial charge in [-0.15, -0.1) is 0 Å². The molecule has 0 aliphatic carbocycles. The van der Waals surface area contributed by atoms with Crippen molar-refractivity contribution in [2.24, 2.45) is 0 Å². The van der Waals surface area contributed by atoms with E-state index in [1.165, 1.54) is 0 Å². The number of rotatable bonds is 8. The number of hydrogen-bond donors (Lipinski definition) is 0. The Labute approximate surface area is 179 Å². The van der Waals surface area contributed by atoms with E-state index in [0.29, 0.717) is 31.7 Å². The molecule has 0 bridgehead atoms. The van der Waals surface area contributed by atoms with Crippen molar-refractivity contribution in [3.05, 3.63) is 82.9 Å². The standard InChI is InChI=1S/C25H24BNO3/c1-18(2)23(12-13-24(26)28)27-16-21-15-19(10-11-22(21)25(27)29)9-6-14-30-17-20-7-4-3-5-8-20/h3-5,7-8,10-11,15,23H,1,12-14,16-17H2,2H3. The van der Waals surface area contributed by atoms with Crippen molar-refractivity contribution in [1.82, 2.24) is 4.90 Å². The molecule has 2 radical (unpaired) electrons. The molecule has 30 heavy (non-hydrogen) atoms. The fourth-order valence-electron chi connectivity index (χ4n) is 3.55. The van der Waals surface area contributed by atoms with Crippen LogP contribution in [0.25, 0.3) is 0 Å². The molecule has 0 spiro atoms. The number of fused-ring (bicyclic) bond motifs is 1. The minimum absolute atomic E-state index is 0.0480. The summed E-state index contributed by atoms with van der Waals surface area (Å²) in [7, 11) is 5.28. The topological polar surface area (TPSA) is 46.6 Å². The molecule has 1 atom stereocenters. The zero-order valence-corrected chi connectivity index (χ0v) is 17.2. The van der Waals surface area contributed by atoms with E-state index in [1.807, 2.05) is 55.5 Å². The minimum atomic E-state index is -0.377. The summed E-state index contributed by atoms with van der Waals surface area (Å²) in [6.45, 7) is 7.20. The fourth-order valence-corrected chi connectivity index (χ4v) is 3.55. The SMILES string of the molecule is [B]C(=O)CCC(C(=C)C)N1Cc2cc(C#CCOCc3ccccc3)ccc2C1=O. The zero-order chi connectivity index (χ0) is 21.5. The average molecular weight is 397 g/mol. The quantitative estimate of drug-likeness (QED) is 0.296. The summed E-state index contributed by atoms with van der Waals surface area (Å²) in [5.74, 6) is 6.07. The molecule has 1 unspecified atom stereocenters. The van der Waals surface area contributed by atoms with E-state index in [0.717, 1.165) is 22.3 Å². The van der Waals surface area contributed by atoms with E-state index < -0.39 is 0 Å². The highest BCUT2D eigenvalue weighted by Gasteiger charge is 2.33. The zero-order valence-electron chi connectivity index (χ0n) is 17.2. The molecule has 2 aromatic carbocycles. The summed E-state index contributed by atoms with van der Waals surface area (Å²) in [5.41, 5.74) is 4.02. The van der Waals surface area contributed by atoms with Gasteiger partial charge >= 0.3 is 0 Å². The molecular weight excluding hydrogens is 373 g/mol. The highest BCUT2D eigenvalue weighted by Crippen LogP contribution is 2.29. The highest BCUT2D eigenvalue weighted by atomic mass is 16.5. The van der Waals surface area contributed by atoms with Crippen molar-refractivity contribution >= 4 is 19.4 Å². The average Bonchev–Trinajstić information content (AvgIpc) is 3.04. The van der Waals surface area contributed by atoms with E-state index >= 15 is 0 Å². The fraction of sp³-hybridized carbons (Fsp3) is 0.280. The van der Waals surface area contributed by atoms with Gasteiger partial charge in [-0.2, -0.15) is 0 Å². The molecule has 2 aromatic rings. The van der Waals surface area contributed by atoms with Crippen molar-refractivity contribution in [1.29, 1.82) is 0 Å². The molecule has 1 heterocycles. The molecule has 0 aromatic heterocycles. The van der Waals surface area contributed by atoms with Crippen molar-refractivity contribution in [2.45, 2.75) is 39.0 Å². The van der Waals surface area contributed by atoms with Crippen molar-refractivity contribution < 1.29 is 14.3 Å². The van der Waals surface area contributed by atoms with Crippen molar-refractivity contribution in [3.63, 3.8) is 0 Å². The first-order valence-corrected chi connectivity index (χ1v) is 9.94. The molecule has 1 aliphatic heterocycles. The Kier molecular flexibility index (Phi) is 7.27. The van der Waals surface area contributed by atoms with Crippen LogP contribution in [0.1, 0.15) is 46.8 Å².